The Labute approximate surface area is 176 Å². The molecule has 164 valence electrons. The first kappa shape index (κ1) is 22.0. The summed E-state index contributed by atoms with van der Waals surface area (Å²) in [6.07, 6.45) is 3.67. The standard InChI is InChI=1S/C21H31FN6O2/c1-3-23-21(24-12-4-5-13-30-18-9-6-16(22)7-10-18)25-17-8-11-20-26-19(15-29-2)27-28(20)14-17/h6-7,9-10,17H,3-5,8,11-15H2,1-2H3,(H2,23,24,25). The third-order valence-corrected chi connectivity index (χ3v) is 4.77. The highest BCUT2D eigenvalue weighted by molar-refractivity contribution is 5.80. The van der Waals surface area contributed by atoms with E-state index < -0.39 is 0 Å². The average Bonchev–Trinajstić information content (AvgIpc) is 3.14. The fourth-order valence-corrected chi connectivity index (χ4v) is 3.31. The fourth-order valence-electron chi connectivity index (χ4n) is 3.31. The van der Waals surface area contributed by atoms with Gasteiger partial charge in [-0.2, -0.15) is 5.10 Å². The van der Waals surface area contributed by atoms with E-state index in [1.807, 2.05) is 4.68 Å². The Bertz CT molecular complexity index is 808. The van der Waals surface area contributed by atoms with Crippen LogP contribution in [0.25, 0.3) is 0 Å². The zero-order valence-corrected chi connectivity index (χ0v) is 17.7. The lowest BCUT2D eigenvalue weighted by Gasteiger charge is -2.25. The summed E-state index contributed by atoms with van der Waals surface area (Å²) in [4.78, 5) is 9.20. The van der Waals surface area contributed by atoms with Crippen LogP contribution in [-0.2, 0) is 24.3 Å². The molecule has 0 radical (unpaired) electrons. The van der Waals surface area contributed by atoms with Gasteiger partial charge in [0.05, 0.1) is 13.2 Å². The molecule has 0 amide bonds. The molecule has 0 fully saturated rings. The van der Waals surface area contributed by atoms with Gasteiger partial charge in [-0.05, 0) is 50.5 Å². The van der Waals surface area contributed by atoms with Gasteiger partial charge in [0.15, 0.2) is 11.8 Å². The van der Waals surface area contributed by atoms with Gasteiger partial charge in [-0.3, -0.25) is 4.99 Å². The zero-order chi connectivity index (χ0) is 21.2. The topological polar surface area (TPSA) is 85.6 Å². The largest absolute Gasteiger partial charge is 0.494 e. The van der Waals surface area contributed by atoms with Gasteiger partial charge in [0.1, 0.15) is 24.0 Å². The van der Waals surface area contributed by atoms with Crippen LogP contribution in [0.4, 0.5) is 4.39 Å². The number of nitrogens with zero attached hydrogens (tertiary/aromatic N) is 4. The summed E-state index contributed by atoms with van der Waals surface area (Å²) < 4.78 is 25.6. The first-order chi connectivity index (χ1) is 14.7. The van der Waals surface area contributed by atoms with Gasteiger partial charge in [-0.1, -0.05) is 0 Å². The highest BCUT2D eigenvalue weighted by Crippen LogP contribution is 2.14. The number of benzene rings is 1. The number of halogens is 1. The van der Waals surface area contributed by atoms with Crippen LogP contribution in [0.3, 0.4) is 0 Å². The highest BCUT2D eigenvalue weighted by Gasteiger charge is 2.22. The molecule has 3 rings (SSSR count). The number of nitrogens with one attached hydrogen (secondary N) is 2. The summed E-state index contributed by atoms with van der Waals surface area (Å²) in [6.45, 7) is 5.36. The van der Waals surface area contributed by atoms with Crippen LogP contribution in [0.2, 0.25) is 0 Å². The van der Waals surface area contributed by atoms with E-state index in [-0.39, 0.29) is 11.9 Å². The van der Waals surface area contributed by atoms with Crippen molar-refractivity contribution in [1.82, 2.24) is 25.4 Å². The number of fused-ring (bicyclic) bond motifs is 1. The lowest BCUT2D eigenvalue weighted by Crippen LogP contribution is -2.47. The van der Waals surface area contributed by atoms with Gasteiger partial charge in [0.2, 0.25) is 0 Å². The number of aryl methyl sites for hydroxylation is 1. The SMILES string of the molecule is CCNC(=NCCCCOc1ccc(F)cc1)NC1CCc2nc(COC)nn2C1. The Hall–Kier alpha value is -2.68. The molecule has 1 atom stereocenters. The number of methoxy groups -OCH3 is 1. The predicted molar refractivity (Wildman–Crippen MR) is 113 cm³/mol. The Morgan fingerprint density at radius 1 is 1.30 bits per heavy atom. The van der Waals surface area contributed by atoms with Gasteiger partial charge in [-0.15, -0.1) is 0 Å². The van der Waals surface area contributed by atoms with Gasteiger partial charge >= 0.3 is 0 Å². The second-order valence-electron chi connectivity index (χ2n) is 7.21. The summed E-state index contributed by atoms with van der Waals surface area (Å²) in [5.41, 5.74) is 0. The molecule has 0 spiro atoms. The van der Waals surface area contributed by atoms with E-state index in [4.69, 9.17) is 9.47 Å². The Kier molecular flexibility index (Phi) is 8.43. The first-order valence-electron chi connectivity index (χ1n) is 10.5. The molecular formula is C21H31FN6O2. The summed E-state index contributed by atoms with van der Waals surface area (Å²) in [7, 11) is 1.65. The summed E-state index contributed by atoms with van der Waals surface area (Å²) in [5.74, 6) is 3.00. The van der Waals surface area contributed by atoms with Crippen LogP contribution >= 0.6 is 0 Å². The van der Waals surface area contributed by atoms with Crippen LogP contribution in [-0.4, -0.2) is 53.6 Å². The number of aromatic nitrogens is 3. The third kappa shape index (κ3) is 6.69. The first-order valence-corrected chi connectivity index (χ1v) is 10.5. The molecular weight excluding hydrogens is 387 g/mol. The number of rotatable bonds is 10. The minimum atomic E-state index is -0.256. The number of hydrogen-bond donors (Lipinski definition) is 2. The molecule has 9 heteroatoms. The summed E-state index contributed by atoms with van der Waals surface area (Å²) in [5, 5.41) is 11.3. The minimum absolute atomic E-state index is 0.256. The molecule has 1 aromatic carbocycles. The van der Waals surface area contributed by atoms with Gasteiger partial charge < -0.3 is 20.1 Å². The monoisotopic (exact) mass is 418 g/mol. The van der Waals surface area contributed by atoms with Gasteiger partial charge in [0, 0.05) is 32.7 Å². The second-order valence-corrected chi connectivity index (χ2v) is 7.21. The number of unbranched alkanes of at least 4 members (excludes halogenated alkanes) is 1. The molecule has 0 aliphatic carbocycles. The van der Waals surface area contributed by atoms with Crippen molar-refractivity contribution in [3.63, 3.8) is 0 Å². The Balaban J connectivity index is 1.41. The van der Waals surface area contributed by atoms with Gasteiger partial charge in [-0.25, -0.2) is 14.1 Å². The Morgan fingerprint density at radius 3 is 2.90 bits per heavy atom. The van der Waals surface area contributed by atoms with Gasteiger partial charge in [0.25, 0.3) is 0 Å². The van der Waals surface area contributed by atoms with Crippen molar-refractivity contribution in [3.05, 3.63) is 41.7 Å². The van der Waals surface area contributed by atoms with E-state index in [0.29, 0.717) is 25.5 Å². The number of hydrogen-bond acceptors (Lipinski definition) is 5. The van der Waals surface area contributed by atoms with E-state index in [2.05, 4.69) is 32.6 Å². The van der Waals surface area contributed by atoms with Crippen LogP contribution in [0.15, 0.2) is 29.3 Å². The maximum Gasteiger partial charge on any atom is 0.191 e. The predicted octanol–water partition coefficient (Wildman–Crippen LogP) is 2.29. The molecule has 1 aliphatic heterocycles. The number of ether oxygens (including phenoxy) is 2. The number of guanidine groups is 1. The lowest BCUT2D eigenvalue weighted by atomic mass is 10.1. The molecule has 2 N–H and O–H groups in total. The zero-order valence-electron chi connectivity index (χ0n) is 17.7. The molecule has 1 aliphatic rings. The van der Waals surface area contributed by atoms with E-state index in [1.165, 1.54) is 12.1 Å². The van der Waals surface area contributed by atoms with Crippen molar-refractivity contribution < 1.29 is 13.9 Å². The quantitative estimate of drug-likeness (QED) is 0.350. The van der Waals surface area contributed by atoms with E-state index in [1.54, 1.807) is 19.2 Å². The molecule has 2 aromatic rings. The molecule has 8 nitrogen and oxygen atoms in total. The van der Waals surface area contributed by atoms with Crippen molar-refractivity contribution in [2.75, 3.05) is 26.8 Å². The molecule has 30 heavy (non-hydrogen) atoms. The van der Waals surface area contributed by atoms with Crippen molar-refractivity contribution in [2.45, 2.75) is 51.8 Å². The van der Waals surface area contributed by atoms with Crippen LogP contribution in [0.1, 0.15) is 37.8 Å². The smallest absolute Gasteiger partial charge is 0.191 e. The van der Waals surface area contributed by atoms with E-state index in [9.17, 15) is 4.39 Å². The second kappa shape index (κ2) is 11.5. The molecule has 2 heterocycles. The fraction of sp³-hybridized carbons (Fsp3) is 0.571. The van der Waals surface area contributed by atoms with E-state index >= 15 is 0 Å². The molecule has 0 bridgehead atoms. The highest BCUT2D eigenvalue weighted by atomic mass is 19.1. The van der Waals surface area contributed by atoms with E-state index in [0.717, 1.165) is 56.4 Å². The molecule has 1 unspecified atom stereocenters. The normalized spacial score (nSPS) is 16.2. The maximum absolute atomic E-state index is 12.9. The van der Waals surface area contributed by atoms with Crippen LogP contribution in [0, 0.1) is 5.82 Å². The summed E-state index contributed by atoms with van der Waals surface area (Å²) >= 11 is 0. The van der Waals surface area contributed by atoms with Crippen molar-refractivity contribution in [2.24, 2.45) is 4.99 Å². The third-order valence-electron chi connectivity index (χ3n) is 4.77. The molecule has 0 saturated heterocycles. The van der Waals surface area contributed by atoms with Crippen LogP contribution < -0.4 is 15.4 Å². The Morgan fingerprint density at radius 2 is 2.13 bits per heavy atom. The molecule has 1 aromatic heterocycles. The minimum Gasteiger partial charge on any atom is -0.494 e. The maximum atomic E-state index is 12.9. The van der Waals surface area contributed by atoms with Crippen molar-refractivity contribution in [1.29, 1.82) is 0 Å². The number of aliphatic imine (C=N–C) groups is 1. The van der Waals surface area contributed by atoms with Crippen molar-refractivity contribution in [3.8, 4) is 5.75 Å². The lowest BCUT2D eigenvalue weighted by molar-refractivity contribution is 0.177. The molecule has 0 saturated carbocycles. The van der Waals surface area contributed by atoms with Crippen molar-refractivity contribution >= 4 is 5.96 Å². The summed E-state index contributed by atoms with van der Waals surface area (Å²) in [6, 6.07) is 6.35. The average molecular weight is 419 g/mol. The van der Waals surface area contributed by atoms with Crippen LogP contribution in [0.5, 0.6) is 5.75 Å².